The van der Waals surface area contributed by atoms with Crippen LogP contribution in [-0.4, -0.2) is 38.5 Å². The second-order valence-corrected chi connectivity index (χ2v) is 7.03. The molecule has 0 N–H and O–H groups in total. The van der Waals surface area contributed by atoms with Crippen LogP contribution in [0.2, 0.25) is 5.02 Å². The van der Waals surface area contributed by atoms with Gasteiger partial charge in [-0.2, -0.15) is 17.5 Å². The Morgan fingerprint density at radius 1 is 1.38 bits per heavy atom. The largest absolute Gasteiger partial charge is 0.417 e. The molecule has 4 nitrogen and oxygen atoms in total. The molecule has 0 spiro atoms. The third kappa shape index (κ3) is 3.50. The molecule has 0 aliphatic carbocycles. The molecule has 9 heteroatoms. The summed E-state index contributed by atoms with van der Waals surface area (Å²) < 4.78 is 70.2. The van der Waals surface area contributed by atoms with Gasteiger partial charge in [0.2, 0.25) is 10.0 Å². The van der Waals surface area contributed by atoms with E-state index in [0.29, 0.717) is 6.07 Å². The highest BCUT2D eigenvalue weighted by Gasteiger charge is 2.40. The summed E-state index contributed by atoms with van der Waals surface area (Å²) in [5.41, 5.74) is -1.26. The fraction of sp³-hybridized carbons (Fsp3) is 0.500. The quantitative estimate of drug-likeness (QED) is 0.829. The minimum Gasteiger partial charge on any atom is -0.376 e. The monoisotopic (exact) mass is 343 g/mol. The van der Waals surface area contributed by atoms with E-state index in [-0.39, 0.29) is 30.8 Å². The van der Waals surface area contributed by atoms with Crippen LogP contribution in [0.1, 0.15) is 12.5 Å². The van der Waals surface area contributed by atoms with Crippen LogP contribution in [0.5, 0.6) is 0 Å². The molecule has 1 fully saturated rings. The minimum atomic E-state index is -4.80. The molecule has 0 unspecified atom stereocenters. The zero-order valence-electron chi connectivity index (χ0n) is 11.0. The molecule has 1 aromatic carbocycles. The molecule has 2 rings (SSSR count). The number of benzene rings is 1. The molecule has 0 amide bonds. The molecular formula is C12H13ClF3NO3S. The second kappa shape index (κ2) is 5.75. The Balaban J connectivity index is 2.50. The van der Waals surface area contributed by atoms with Crippen molar-refractivity contribution >= 4 is 21.6 Å². The second-order valence-electron chi connectivity index (χ2n) is 4.68. The van der Waals surface area contributed by atoms with Gasteiger partial charge in [0.1, 0.15) is 0 Å². The predicted octanol–water partition coefficient (Wildman–Crippen LogP) is 2.77. The van der Waals surface area contributed by atoms with Crippen molar-refractivity contribution in [3.8, 4) is 0 Å². The molecule has 0 aromatic heterocycles. The van der Waals surface area contributed by atoms with E-state index in [1.807, 2.05) is 0 Å². The molecule has 1 atom stereocenters. The molecule has 0 bridgehead atoms. The van der Waals surface area contributed by atoms with Gasteiger partial charge in [-0.15, -0.1) is 0 Å². The Bertz CT molecular complexity index is 633. The van der Waals surface area contributed by atoms with E-state index in [1.165, 1.54) is 0 Å². The number of halogens is 4. The smallest absolute Gasteiger partial charge is 0.376 e. The highest BCUT2D eigenvalue weighted by Crippen LogP contribution is 2.37. The lowest BCUT2D eigenvalue weighted by Gasteiger charge is -2.31. The summed E-state index contributed by atoms with van der Waals surface area (Å²) in [4.78, 5) is -0.784. The van der Waals surface area contributed by atoms with E-state index in [1.54, 1.807) is 6.92 Å². The van der Waals surface area contributed by atoms with Gasteiger partial charge in [-0.25, -0.2) is 8.42 Å². The lowest BCUT2D eigenvalue weighted by atomic mass is 10.2. The zero-order valence-corrected chi connectivity index (χ0v) is 12.6. The van der Waals surface area contributed by atoms with Crippen molar-refractivity contribution in [2.24, 2.45) is 0 Å². The number of nitrogens with zero attached hydrogens (tertiary/aromatic N) is 1. The van der Waals surface area contributed by atoms with Crippen LogP contribution < -0.4 is 0 Å². The third-order valence-corrected chi connectivity index (χ3v) is 5.23. The van der Waals surface area contributed by atoms with Crippen molar-refractivity contribution < 1.29 is 26.3 Å². The number of morpholine rings is 1. The van der Waals surface area contributed by atoms with E-state index in [9.17, 15) is 21.6 Å². The number of alkyl halides is 3. The summed E-state index contributed by atoms with van der Waals surface area (Å²) in [6.45, 7) is 1.85. The molecule has 1 aromatic rings. The maximum atomic E-state index is 13.0. The molecule has 1 aliphatic rings. The van der Waals surface area contributed by atoms with Gasteiger partial charge in [-0.3, -0.25) is 0 Å². The molecule has 0 saturated carbocycles. The lowest BCUT2D eigenvalue weighted by molar-refractivity contribution is -0.139. The van der Waals surface area contributed by atoms with Crippen molar-refractivity contribution in [3.05, 3.63) is 28.8 Å². The number of sulfonamides is 1. The van der Waals surface area contributed by atoms with Crippen LogP contribution in [0.4, 0.5) is 13.2 Å². The summed E-state index contributed by atoms with van der Waals surface area (Å²) in [5, 5.41) is -0.170. The molecule has 1 saturated heterocycles. The van der Waals surface area contributed by atoms with Crippen LogP contribution in [0.3, 0.4) is 0 Å². The number of hydrogen-bond donors (Lipinski definition) is 0. The van der Waals surface area contributed by atoms with Gasteiger partial charge in [0.15, 0.2) is 0 Å². The highest BCUT2D eigenvalue weighted by molar-refractivity contribution is 7.89. The van der Waals surface area contributed by atoms with Crippen molar-refractivity contribution in [3.63, 3.8) is 0 Å². The lowest BCUT2D eigenvalue weighted by Crippen LogP contribution is -2.44. The van der Waals surface area contributed by atoms with Crippen LogP contribution in [0.15, 0.2) is 23.1 Å². The van der Waals surface area contributed by atoms with Crippen molar-refractivity contribution in [1.82, 2.24) is 4.31 Å². The average Bonchev–Trinajstić information content (AvgIpc) is 2.37. The van der Waals surface area contributed by atoms with Crippen LogP contribution in [0, 0.1) is 0 Å². The van der Waals surface area contributed by atoms with Crippen molar-refractivity contribution in [2.45, 2.75) is 24.1 Å². The van der Waals surface area contributed by atoms with E-state index in [2.05, 4.69) is 0 Å². The zero-order chi connectivity index (χ0) is 15.8. The fourth-order valence-electron chi connectivity index (χ4n) is 2.09. The van der Waals surface area contributed by atoms with Gasteiger partial charge in [-0.1, -0.05) is 11.6 Å². The maximum Gasteiger partial charge on any atom is 0.417 e. The van der Waals surface area contributed by atoms with Crippen molar-refractivity contribution in [1.29, 1.82) is 0 Å². The standard InChI is InChI=1S/C12H13ClF3NO3S/c1-8-7-17(4-5-20-8)21(18,19)11-3-2-9(13)6-10(11)12(14,15)16/h2-3,6,8H,4-5,7H2,1H3/t8-/m1/s1. The topological polar surface area (TPSA) is 46.6 Å². The predicted molar refractivity (Wildman–Crippen MR) is 70.6 cm³/mol. The van der Waals surface area contributed by atoms with E-state index in [4.69, 9.17) is 16.3 Å². The molecule has 118 valence electrons. The minimum absolute atomic E-state index is 0.0161. The normalized spacial score (nSPS) is 21.5. The third-order valence-electron chi connectivity index (χ3n) is 3.07. The molecular weight excluding hydrogens is 331 g/mol. The van der Waals surface area contributed by atoms with Crippen LogP contribution in [-0.2, 0) is 20.9 Å². The van der Waals surface area contributed by atoms with E-state index >= 15 is 0 Å². The Morgan fingerprint density at radius 2 is 2.05 bits per heavy atom. The molecule has 0 radical (unpaired) electrons. The van der Waals surface area contributed by atoms with Gasteiger partial charge >= 0.3 is 6.18 Å². The van der Waals surface area contributed by atoms with Gasteiger partial charge in [0.05, 0.1) is 23.2 Å². The average molecular weight is 344 g/mol. The first kappa shape index (κ1) is 16.5. The number of hydrogen-bond acceptors (Lipinski definition) is 3. The Morgan fingerprint density at radius 3 is 2.62 bits per heavy atom. The van der Waals surface area contributed by atoms with E-state index in [0.717, 1.165) is 16.4 Å². The van der Waals surface area contributed by atoms with Crippen LogP contribution >= 0.6 is 11.6 Å². The highest BCUT2D eigenvalue weighted by atomic mass is 35.5. The summed E-state index contributed by atoms with van der Waals surface area (Å²) >= 11 is 5.55. The first-order chi connectivity index (χ1) is 9.62. The SMILES string of the molecule is C[C@@H]1CN(S(=O)(=O)c2ccc(Cl)cc2C(F)(F)F)CCO1. The molecule has 1 heterocycles. The summed E-state index contributed by atoms with van der Waals surface area (Å²) in [6, 6.07) is 2.65. The molecule has 21 heavy (non-hydrogen) atoms. The molecule has 1 aliphatic heterocycles. The van der Waals surface area contributed by atoms with Gasteiger partial charge in [0.25, 0.3) is 0 Å². The maximum absolute atomic E-state index is 13.0. The van der Waals surface area contributed by atoms with Gasteiger partial charge in [0, 0.05) is 18.1 Å². The Kier molecular flexibility index (Phi) is 4.53. The van der Waals surface area contributed by atoms with Crippen LogP contribution in [0.25, 0.3) is 0 Å². The van der Waals surface area contributed by atoms with Gasteiger partial charge in [-0.05, 0) is 25.1 Å². The summed E-state index contributed by atoms with van der Waals surface area (Å²) in [7, 11) is -4.25. The Labute approximate surface area is 125 Å². The first-order valence-corrected chi connectivity index (χ1v) is 7.92. The van der Waals surface area contributed by atoms with Crippen molar-refractivity contribution in [2.75, 3.05) is 19.7 Å². The van der Waals surface area contributed by atoms with E-state index < -0.39 is 26.7 Å². The van der Waals surface area contributed by atoms with Gasteiger partial charge < -0.3 is 4.74 Å². The first-order valence-electron chi connectivity index (χ1n) is 6.11. The number of ether oxygens (including phenoxy) is 1. The Hall–Kier alpha value is -0.830. The summed E-state index contributed by atoms with van der Waals surface area (Å²) in [6.07, 6.45) is -5.17. The summed E-state index contributed by atoms with van der Waals surface area (Å²) in [5.74, 6) is 0. The number of rotatable bonds is 2. The fourth-order valence-corrected chi connectivity index (χ4v) is 3.96.